The molecule has 1 aromatic carbocycles. The Labute approximate surface area is 112 Å². The van der Waals surface area contributed by atoms with E-state index in [0.717, 1.165) is 15.5 Å². The van der Waals surface area contributed by atoms with Crippen LogP contribution in [0.1, 0.15) is 0 Å². The van der Waals surface area contributed by atoms with Crippen molar-refractivity contribution in [1.29, 1.82) is 0 Å². The third kappa shape index (κ3) is 2.80. The van der Waals surface area contributed by atoms with Crippen LogP contribution in [0.2, 0.25) is 0 Å². The SMILES string of the molecule is NC(=O)COCCn1c(N)nc2ccc(Br)cc21. The molecule has 6 nitrogen and oxygen atoms in total. The zero-order valence-corrected chi connectivity index (χ0v) is 11.2. The minimum atomic E-state index is -0.485. The number of benzene rings is 1. The summed E-state index contributed by atoms with van der Waals surface area (Å²) in [4.78, 5) is 14.8. The molecule has 0 bridgehead atoms. The summed E-state index contributed by atoms with van der Waals surface area (Å²) < 4.78 is 7.90. The van der Waals surface area contributed by atoms with Gasteiger partial charge in [-0.3, -0.25) is 4.79 Å². The van der Waals surface area contributed by atoms with Crippen molar-refractivity contribution in [3.63, 3.8) is 0 Å². The summed E-state index contributed by atoms with van der Waals surface area (Å²) >= 11 is 3.40. The van der Waals surface area contributed by atoms with Gasteiger partial charge in [-0.25, -0.2) is 4.98 Å². The Balaban J connectivity index is 2.14. The summed E-state index contributed by atoms with van der Waals surface area (Å²) in [5, 5.41) is 0. The number of ether oxygens (including phenoxy) is 1. The van der Waals surface area contributed by atoms with Crippen LogP contribution in [0.15, 0.2) is 22.7 Å². The molecule has 0 aliphatic heterocycles. The fourth-order valence-electron chi connectivity index (χ4n) is 1.68. The molecule has 1 amide bonds. The maximum atomic E-state index is 10.5. The summed E-state index contributed by atoms with van der Waals surface area (Å²) in [7, 11) is 0. The molecular formula is C11H13BrN4O2. The van der Waals surface area contributed by atoms with E-state index in [1.165, 1.54) is 0 Å². The van der Waals surface area contributed by atoms with E-state index in [9.17, 15) is 4.79 Å². The first-order valence-electron chi connectivity index (χ1n) is 5.35. The van der Waals surface area contributed by atoms with Gasteiger partial charge in [-0.2, -0.15) is 0 Å². The molecule has 0 saturated heterocycles. The van der Waals surface area contributed by atoms with Crippen molar-refractivity contribution >= 4 is 38.8 Å². The highest BCUT2D eigenvalue weighted by Gasteiger charge is 2.08. The molecule has 0 unspecified atom stereocenters. The lowest BCUT2D eigenvalue weighted by Gasteiger charge is -2.06. The van der Waals surface area contributed by atoms with Crippen molar-refractivity contribution in [1.82, 2.24) is 9.55 Å². The number of hydrogen-bond donors (Lipinski definition) is 2. The molecule has 96 valence electrons. The quantitative estimate of drug-likeness (QED) is 0.801. The van der Waals surface area contributed by atoms with Gasteiger partial charge in [0.15, 0.2) is 0 Å². The number of rotatable bonds is 5. The van der Waals surface area contributed by atoms with Crippen LogP contribution in [0.5, 0.6) is 0 Å². The number of imidazole rings is 1. The van der Waals surface area contributed by atoms with Crippen LogP contribution in [0.4, 0.5) is 5.95 Å². The second-order valence-corrected chi connectivity index (χ2v) is 4.69. The normalized spacial score (nSPS) is 10.9. The lowest BCUT2D eigenvalue weighted by molar-refractivity contribution is -0.122. The highest BCUT2D eigenvalue weighted by molar-refractivity contribution is 9.10. The Morgan fingerprint density at radius 2 is 2.28 bits per heavy atom. The Morgan fingerprint density at radius 3 is 3.00 bits per heavy atom. The average molecular weight is 313 g/mol. The molecular weight excluding hydrogens is 300 g/mol. The average Bonchev–Trinajstić information content (AvgIpc) is 2.60. The number of nitrogens with zero attached hydrogens (tertiary/aromatic N) is 2. The van der Waals surface area contributed by atoms with E-state index < -0.39 is 5.91 Å². The molecule has 0 aliphatic rings. The Kier molecular flexibility index (Phi) is 3.83. The number of carbonyl (C=O) groups is 1. The van der Waals surface area contributed by atoms with Crippen molar-refractivity contribution in [3.8, 4) is 0 Å². The van der Waals surface area contributed by atoms with E-state index in [1.807, 2.05) is 22.8 Å². The highest BCUT2D eigenvalue weighted by Crippen LogP contribution is 2.21. The molecule has 0 saturated carbocycles. The summed E-state index contributed by atoms with van der Waals surface area (Å²) in [6.45, 7) is 0.785. The van der Waals surface area contributed by atoms with Gasteiger partial charge in [0.25, 0.3) is 0 Å². The van der Waals surface area contributed by atoms with Crippen molar-refractivity contribution in [2.75, 3.05) is 18.9 Å². The van der Waals surface area contributed by atoms with Crippen molar-refractivity contribution < 1.29 is 9.53 Å². The third-order valence-corrected chi connectivity index (χ3v) is 2.94. The first kappa shape index (κ1) is 12.8. The number of halogens is 1. The van der Waals surface area contributed by atoms with Gasteiger partial charge in [0, 0.05) is 11.0 Å². The summed E-state index contributed by atoms with van der Waals surface area (Å²) in [6, 6.07) is 5.73. The molecule has 0 radical (unpaired) electrons. The van der Waals surface area contributed by atoms with Crippen molar-refractivity contribution in [2.24, 2.45) is 5.73 Å². The lowest BCUT2D eigenvalue weighted by Crippen LogP contribution is -2.20. The molecule has 4 N–H and O–H groups in total. The van der Waals surface area contributed by atoms with Gasteiger partial charge < -0.3 is 20.8 Å². The third-order valence-electron chi connectivity index (χ3n) is 2.44. The maximum absolute atomic E-state index is 10.5. The van der Waals surface area contributed by atoms with Gasteiger partial charge >= 0.3 is 0 Å². The number of primary amides is 1. The van der Waals surface area contributed by atoms with Gasteiger partial charge in [0.05, 0.1) is 17.6 Å². The molecule has 2 rings (SSSR count). The Bertz CT molecular complexity index is 582. The van der Waals surface area contributed by atoms with Gasteiger partial charge in [-0.05, 0) is 18.2 Å². The topological polar surface area (TPSA) is 96.2 Å². The number of nitrogens with two attached hydrogens (primary N) is 2. The van der Waals surface area contributed by atoms with E-state index in [4.69, 9.17) is 16.2 Å². The molecule has 1 heterocycles. The second kappa shape index (κ2) is 5.36. The minimum Gasteiger partial charge on any atom is -0.370 e. The standard InChI is InChI=1S/C11H13BrN4O2/c12-7-1-2-8-9(5-7)16(11(14)15-8)3-4-18-6-10(13)17/h1-2,5H,3-4,6H2,(H2,13,17)(H2,14,15). The van der Waals surface area contributed by atoms with Gasteiger partial charge in [-0.15, -0.1) is 0 Å². The predicted molar refractivity (Wildman–Crippen MR) is 71.9 cm³/mol. The summed E-state index contributed by atoms with van der Waals surface area (Å²) in [5.74, 6) is -0.0630. The maximum Gasteiger partial charge on any atom is 0.243 e. The van der Waals surface area contributed by atoms with Gasteiger partial charge in [0.2, 0.25) is 11.9 Å². The molecule has 0 spiro atoms. The van der Waals surface area contributed by atoms with Crippen LogP contribution in [-0.4, -0.2) is 28.7 Å². The van der Waals surface area contributed by atoms with Crippen LogP contribution in [0, 0.1) is 0 Å². The van der Waals surface area contributed by atoms with Gasteiger partial charge in [0.1, 0.15) is 6.61 Å². The zero-order valence-electron chi connectivity index (χ0n) is 9.60. The number of nitrogen functional groups attached to an aromatic ring is 1. The Hall–Kier alpha value is -1.60. The van der Waals surface area contributed by atoms with Crippen LogP contribution in [0.25, 0.3) is 11.0 Å². The molecule has 0 aliphatic carbocycles. The summed E-state index contributed by atoms with van der Waals surface area (Å²) in [6.07, 6.45) is 0. The highest BCUT2D eigenvalue weighted by atomic mass is 79.9. The lowest BCUT2D eigenvalue weighted by atomic mass is 10.3. The van der Waals surface area contributed by atoms with Crippen LogP contribution >= 0.6 is 15.9 Å². The molecule has 7 heteroatoms. The van der Waals surface area contributed by atoms with Crippen LogP contribution < -0.4 is 11.5 Å². The number of amides is 1. The molecule has 1 aromatic heterocycles. The zero-order chi connectivity index (χ0) is 13.1. The van der Waals surface area contributed by atoms with E-state index in [0.29, 0.717) is 19.1 Å². The number of carbonyl (C=O) groups excluding carboxylic acids is 1. The van der Waals surface area contributed by atoms with Crippen LogP contribution in [-0.2, 0) is 16.1 Å². The Morgan fingerprint density at radius 1 is 1.50 bits per heavy atom. The first-order chi connectivity index (χ1) is 8.58. The minimum absolute atomic E-state index is 0.0871. The fraction of sp³-hybridized carbons (Fsp3) is 0.273. The van der Waals surface area contributed by atoms with E-state index >= 15 is 0 Å². The van der Waals surface area contributed by atoms with Gasteiger partial charge in [-0.1, -0.05) is 15.9 Å². The smallest absolute Gasteiger partial charge is 0.243 e. The first-order valence-corrected chi connectivity index (χ1v) is 6.14. The fourth-order valence-corrected chi connectivity index (χ4v) is 2.03. The largest absolute Gasteiger partial charge is 0.370 e. The number of anilines is 1. The second-order valence-electron chi connectivity index (χ2n) is 3.77. The molecule has 2 aromatic rings. The molecule has 18 heavy (non-hydrogen) atoms. The van der Waals surface area contributed by atoms with Crippen molar-refractivity contribution in [2.45, 2.75) is 6.54 Å². The van der Waals surface area contributed by atoms with E-state index in [2.05, 4.69) is 20.9 Å². The van der Waals surface area contributed by atoms with E-state index in [-0.39, 0.29) is 6.61 Å². The molecule has 0 fully saturated rings. The van der Waals surface area contributed by atoms with Crippen molar-refractivity contribution in [3.05, 3.63) is 22.7 Å². The number of hydrogen-bond acceptors (Lipinski definition) is 4. The monoisotopic (exact) mass is 312 g/mol. The summed E-state index contributed by atoms with van der Waals surface area (Å²) in [5.41, 5.74) is 12.6. The number of aromatic nitrogens is 2. The molecule has 0 atom stereocenters. The predicted octanol–water partition coefficient (Wildman–Crippen LogP) is 0.883. The van der Waals surface area contributed by atoms with Crippen LogP contribution in [0.3, 0.4) is 0 Å². The number of fused-ring (bicyclic) bond motifs is 1. The van der Waals surface area contributed by atoms with E-state index in [1.54, 1.807) is 0 Å².